The fraction of sp³-hybridized carbons (Fsp3) is 0.562. The minimum atomic E-state index is -0.583. The first-order chi connectivity index (χ1) is 9.37. The Bertz CT molecular complexity index is 442. The number of benzene rings is 1. The molecule has 20 heavy (non-hydrogen) atoms. The molecule has 0 aromatic heterocycles. The van der Waals surface area contributed by atoms with Gasteiger partial charge in [-0.25, -0.2) is 0 Å². The number of hydrogen-bond donors (Lipinski definition) is 2. The lowest BCUT2D eigenvalue weighted by molar-refractivity contribution is -0.123. The SMILES string of the molecule is CNC(C)(CCCSCc1cc(C)cc(C)c1)C(N)=O. The molecule has 0 spiro atoms. The summed E-state index contributed by atoms with van der Waals surface area (Å²) in [6, 6.07) is 6.67. The van der Waals surface area contributed by atoms with Crippen molar-refractivity contribution >= 4 is 17.7 Å². The lowest BCUT2D eigenvalue weighted by Gasteiger charge is -2.25. The third-order valence-electron chi connectivity index (χ3n) is 3.61. The molecule has 1 atom stereocenters. The molecule has 3 nitrogen and oxygen atoms in total. The Balaban J connectivity index is 2.33. The fourth-order valence-electron chi connectivity index (χ4n) is 2.24. The van der Waals surface area contributed by atoms with Crippen molar-refractivity contribution in [2.75, 3.05) is 12.8 Å². The second-order valence-corrected chi connectivity index (χ2v) is 6.70. The summed E-state index contributed by atoms with van der Waals surface area (Å²) in [6.45, 7) is 6.13. The van der Waals surface area contributed by atoms with Crippen molar-refractivity contribution in [2.45, 2.75) is 44.9 Å². The van der Waals surface area contributed by atoms with Crippen LogP contribution in [-0.2, 0) is 10.5 Å². The van der Waals surface area contributed by atoms with Gasteiger partial charge in [0.2, 0.25) is 5.91 Å². The van der Waals surface area contributed by atoms with E-state index in [4.69, 9.17) is 5.73 Å². The molecule has 0 aliphatic heterocycles. The molecule has 0 saturated carbocycles. The lowest BCUT2D eigenvalue weighted by atomic mass is 9.96. The van der Waals surface area contributed by atoms with Crippen LogP contribution in [0.1, 0.15) is 36.5 Å². The minimum absolute atomic E-state index is 0.278. The van der Waals surface area contributed by atoms with Crippen LogP contribution in [0.4, 0.5) is 0 Å². The quantitative estimate of drug-likeness (QED) is 0.725. The van der Waals surface area contributed by atoms with Crippen molar-refractivity contribution in [3.8, 4) is 0 Å². The Hall–Kier alpha value is -1.00. The van der Waals surface area contributed by atoms with Gasteiger partial charge in [0, 0.05) is 5.75 Å². The number of primary amides is 1. The van der Waals surface area contributed by atoms with Gasteiger partial charge in [-0.3, -0.25) is 4.79 Å². The smallest absolute Gasteiger partial charge is 0.237 e. The highest BCUT2D eigenvalue weighted by molar-refractivity contribution is 7.98. The Morgan fingerprint density at radius 2 is 1.90 bits per heavy atom. The van der Waals surface area contributed by atoms with Crippen LogP contribution in [0.25, 0.3) is 0 Å². The molecular weight excluding hydrogens is 268 g/mol. The van der Waals surface area contributed by atoms with E-state index in [2.05, 4.69) is 37.4 Å². The Kier molecular flexibility index (Phi) is 6.56. The van der Waals surface area contributed by atoms with Crippen molar-refractivity contribution in [2.24, 2.45) is 5.73 Å². The lowest BCUT2D eigenvalue weighted by Crippen LogP contribution is -2.51. The molecule has 1 aromatic rings. The molecule has 0 radical (unpaired) electrons. The molecule has 1 unspecified atom stereocenters. The number of nitrogens with one attached hydrogen (secondary N) is 1. The molecule has 0 heterocycles. The second-order valence-electron chi connectivity index (χ2n) is 5.60. The molecule has 1 rings (SSSR count). The first-order valence-electron chi connectivity index (χ1n) is 7.01. The standard InChI is InChI=1S/C16H26N2OS/c1-12-8-13(2)10-14(9-12)11-20-7-5-6-16(3,18-4)15(17)19/h8-10,18H,5-7,11H2,1-4H3,(H2,17,19). The maximum absolute atomic E-state index is 11.4. The highest BCUT2D eigenvalue weighted by atomic mass is 32.2. The maximum Gasteiger partial charge on any atom is 0.237 e. The van der Waals surface area contributed by atoms with Crippen LogP contribution in [0, 0.1) is 13.8 Å². The highest BCUT2D eigenvalue weighted by Gasteiger charge is 2.27. The summed E-state index contributed by atoms with van der Waals surface area (Å²) < 4.78 is 0. The summed E-state index contributed by atoms with van der Waals surface area (Å²) in [6.07, 6.45) is 1.76. The van der Waals surface area contributed by atoms with Crippen LogP contribution in [0.2, 0.25) is 0 Å². The second kappa shape index (κ2) is 7.70. The van der Waals surface area contributed by atoms with Crippen LogP contribution in [0.5, 0.6) is 0 Å². The number of carbonyl (C=O) groups excluding carboxylic acids is 1. The van der Waals surface area contributed by atoms with E-state index in [-0.39, 0.29) is 5.91 Å². The Morgan fingerprint density at radius 1 is 1.30 bits per heavy atom. The number of amides is 1. The van der Waals surface area contributed by atoms with E-state index in [1.54, 1.807) is 7.05 Å². The van der Waals surface area contributed by atoms with E-state index in [1.807, 2.05) is 18.7 Å². The largest absolute Gasteiger partial charge is 0.368 e. The molecule has 0 saturated heterocycles. The number of likely N-dealkylation sites (N-methyl/N-ethyl adjacent to an activating group) is 1. The first kappa shape index (κ1) is 17.1. The normalized spacial score (nSPS) is 14.0. The molecule has 0 aliphatic rings. The van der Waals surface area contributed by atoms with Crippen molar-refractivity contribution in [1.82, 2.24) is 5.32 Å². The van der Waals surface area contributed by atoms with Gasteiger partial charge in [-0.2, -0.15) is 11.8 Å². The number of thioether (sulfide) groups is 1. The van der Waals surface area contributed by atoms with Gasteiger partial charge in [0.1, 0.15) is 0 Å². The zero-order valence-corrected chi connectivity index (χ0v) is 13.8. The third kappa shape index (κ3) is 5.17. The topological polar surface area (TPSA) is 55.1 Å². The molecule has 1 aromatic carbocycles. The van der Waals surface area contributed by atoms with Gasteiger partial charge in [-0.05, 0) is 52.0 Å². The van der Waals surface area contributed by atoms with Gasteiger partial charge in [-0.1, -0.05) is 29.3 Å². The van der Waals surface area contributed by atoms with Crippen molar-refractivity contribution < 1.29 is 4.79 Å². The molecule has 0 bridgehead atoms. The average Bonchev–Trinajstić information content (AvgIpc) is 2.36. The number of rotatable bonds is 8. The molecule has 112 valence electrons. The summed E-state index contributed by atoms with van der Waals surface area (Å²) in [5.74, 6) is 1.78. The van der Waals surface area contributed by atoms with Gasteiger partial charge in [0.15, 0.2) is 0 Å². The van der Waals surface area contributed by atoms with E-state index < -0.39 is 5.54 Å². The van der Waals surface area contributed by atoms with E-state index in [0.717, 1.165) is 24.3 Å². The zero-order chi connectivity index (χ0) is 15.2. The van der Waals surface area contributed by atoms with E-state index in [0.29, 0.717) is 0 Å². The number of nitrogens with two attached hydrogens (primary N) is 1. The molecular formula is C16H26N2OS. The molecule has 0 aliphatic carbocycles. The van der Waals surface area contributed by atoms with Crippen molar-refractivity contribution in [3.63, 3.8) is 0 Å². The van der Waals surface area contributed by atoms with Crippen LogP contribution in [0.15, 0.2) is 18.2 Å². The van der Waals surface area contributed by atoms with Gasteiger partial charge < -0.3 is 11.1 Å². The third-order valence-corrected chi connectivity index (χ3v) is 4.73. The monoisotopic (exact) mass is 294 g/mol. The first-order valence-corrected chi connectivity index (χ1v) is 8.16. The molecule has 0 fully saturated rings. The average molecular weight is 294 g/mol. The summed E-state index contributed by atoms with van der Waals surface area (Å²) in [5, 5.41) is 3.02. The molecule has 3 N–H and O–H groups in total. The number of aryl methyl sites for hydroxylation is 2. The van der Waals surface area contributed by atoms with E-state index in [1.165, 1.54) is 16.7 Å². The molecule has 4 heteroatoms. The molecule has 1 amide bonds. The van der Waals surface area contributed by atoms with E-state index >= 15 is 0 Å². The predicted octanol–water partition coefficient (Wildman–Crippen LogP) is 2.78. The highest BCUT2D eigenvalue weighted by Crippen LogP contribution is 2.19. The van der Waals surface area contributed by atoms with Gasteiger partial charge in [-0.15, -0.1) is 0 Å². The van der Waals surface area contributed by atoms with Crippen molar-refractivity contribution in [3.05, 3.63) is 34.9 Å². The maximum atomic E-state index is 11.4. The summed E-state index contributed by atoms with van der Waals surface area (Å²) >= 11 is 1.91. The Morgan fingerprint density at radius 3 is 2.40 bits per heavy atom. The predicted molar refractivity (Wildman–Crippen MR) is 88.0 cm³/mol. The minimum Gasteiger partial charge on any atom is -0.368 e. The van der Waals surface area contributed by atoms with Crippen LogP contribution < -0.4 is 11.1 Å². The van der Waals surface area contributed by atoms with Crippen LogP contribution >= 0.6 is 11.8 Å². The zero-order valence-electron chi connectivity index (χ0n) is 13.0. The van der Waals surface area contributed by atoms with Crippen LogP contribution in [0.3, 0.4) is 0 Å². The van der Waals surface area contributed by atoms with Crippen LogP contribution in [-0.4, -0.2) is 24.2 Å². The number of hydrogen-bond acceptors (Lipinski definition) is 3. The van der Waals surface area contributed by atoms with E-state index in [9.17, 15) is 4.79 Å². The van der Waals surface area contributed by atoms with Crippen molar-refractivity contribution in [1.29, 1.82) is 0 Å². The fourth-order valence-corrected chi connectivity index (χ4v) is 3.14. The van der Waals surface area contributed by atoms with Gasteiger partial charge in [0.05, 0.1) is 5.54 Å². The summed E-state index contributed by atoms with van der Waals surface area (Å²) in [4.78, 5) is 11.4. The Labute approximate surface area is 126 Å². The van der Waals surface area contributed by atoms with Gasteiger partial charge >= 0.3 is 0 Å². The summed E-state index contributed by atoms with van der Waals surface area (Å²) in [5.41, 5.74) is 8.84. The summed E-state index contributed by atoms with van der Waals surface area (Å²) in [7, 11) is 1.79. The van der Waals surface area contributed by atoms with Gasteiger partial charge in [0.25, 0.3) is 0 Å². The number of carbonyl (C=O) groups is 1.